The Hall–Kier alpha value is -0.570. The van der Waals surface area contributed by atoms with Crippen LogP contribution in [0.3, 0.4) is 0 Å². The smallest absolute Gasteiger partial charge is 0.0976 e. The van der Waals surface area contributed by atoms with E-state index < -0.39 is 0 Å². The van der Waals surface area contributed by atoms with Gasteiger partial charge in [-0.2, -0.15) is 0 Å². The van der Waals surface area contributed by atoms with Gasteiger partial charge in [-0.1, -0.05) is 12.2 Å². The summed E-state index contributed by atoms with van der Waals surface area (Å²) in [6, 6.07) is 0. The average molecular weight is 116 g/mol. The van der Waals surface area contributed by atoms with Crippen LogP contribution >= 0.6 is 12.2 Å². The predicted octanol–water partition coefficient (Wildman–Crippen LogP) is 0.00560. The molecule has 0 aromatic carbocycles. The van der Waals surface area contributed by atoms with Gasteiger partial charge in [-0.25, -0.2) is 0 Å². The Morgan fingerprint density at radius 3 is 2.57 bits per heavy atom. The van der Waals surface area contributed by atoms with E-state index in [-0.39, 0.29) is 0 Å². The maximum atomic E-state index is 5.08. The highest BCUT2D eigenvalue weighted by Gasteiger charge is 1.69. The SMILES string of the molecule is CN/C=C/C(N)=S. The van der Waals surface area contributed by atoms with Gasteiger partial charge in [-0.3, -0.25) is 0 Å². The lowest BCUT2D eigenvalue weighted by molar-refractivity contribution is 1.11. The van der Waals surface area contributed by atoms with Gasteiger partial charge in [0, 0.05) is 7.05 Å². The molecule has 0 bridgehead atoms. The summed E-state index contributed by atoms with van der Waals surface area (Å²) in [7, 11) is 1.79. The van der Waals surface area contributed by atoms with Crippen molar-refractivity contribution in [2.75, 3.05) is 7.05 Å². The monoisotopic (exact) mass is 116 g/mol. The summed E-state index contributed by atoms with van der Waals surface area (Å²) in [6.07, 6.45) is 3.30. The molecule has 40 valence electrons. The molecule has 0 radical (unpaired) electrons. The summed E-state index contributed by atoms with van der Waals surface area (Å²) in [6.45, 7) is 0. The Balaban J connectivity index is 3.26. The van der Waals surface area contributed by atoms with Crippen molar-refractivity contribution >= 4 is 17.2 Å². The Labute approximate surface area is 48.4 Å². The van der Waals surface area contributed by atoms with E-state index in [1.807, 2.05) is 0 Å². The molecule has 0 fully saturated rings. The van der Waals surface area contributed by atoms with E-state index in [2.05, 4.69) is 17.5 Å². The average Bonchev–Trinajstić information content (AvgIpc) is 1.61. The van der Waals surface area contributed by atoms with Crippen LogP contribution in [0.15, 0.2) is 12.3 Å². The van der Waals surface area contributed by atoms with Gasteiger partial charge in [-0.05, 0) is 12.3 Å². The zero-order valence-electron chi connectivity index (χ0n) is 4.14. The van der Waals surface area contributed by atoms with Crippen LogP contribution in [0.25, 0.3) is 0 Å². The summed E-state index contributed by atoms with van der Waals surface area (Å²) in [5, 5.41) is 2.75. The van der Waals surface area contributed by atoms with Crippen molar-refractivity contribution < 1.29 is 0 Å². The molecule has 0 saturated carbocycles. The number of hydrogen-bond acceptors (Lipinski definition) is 2. The molecule has 0 aliphatic carbocycles. The Kier molecular flexibility index (Phi) is 3.32. The van der Waals surface area contributed by atoms with E-state index in [9.17, 15) is 0 Å². The minimum atomic E-state index is 0.398. The largest absolute Gasteiger partial charge is 0.394 e. The zero-order valence-corrected chi connectivity index (χ0v) is 4.96. The van der Waals surface area contributed by atoms with Gasteiger partial charge < -0.3 is 11.1 Å². The third-order valence-corrected chi connectivity index (χ3v) is 0.550. The number of thiocarbonyl (C=S) groups is 1. The molecule has 0 aliphatic rings. The third-order valence-electron chi connectivity index (χ3n) is 0.414. The second-order valence-electron chi connectivity index (χ2n) is 1.02. The lowest BCUT2D eigenvalue weighted by Crippen LogP contribution is -2.04. The molecule has 0 rings (SSSR count). The molecule has 0 heterocycles. The van der Waals surface area contributed by atoms with Crippen LogP contribution < -0.4 is 11.1 Å². The molecule has 0 atom stereocenters. The van der Waals surface area contributed by atoms with Crippen molar-refractivity contribution in [3.05, 3.63) is 12.3 Å². The maximum Gasteiger partial charge on any atom is 0.0976 e. The van der Waals surface area contributed by atoms with E-state index in [4.69, 9.17) is 5.73 Å². The first-order chi connectivity index (χ1) is 3.27. The van der Waals surface area contributed by atoms with Crippen LogP contribution in [-0.4, -0.2) is 12.0 Å². The predicted molar refractivity (Wildman–Crippen MR) is 35.0 cm³/mol. The highest BCUT2D eigenvalue weighted by Crippen LogP contribution is 1.65. The van der Waals surface area contributed by atoms with Crippen molar-refractivity contribution in [1.82, 2.24) is 5.32 Å². The molecule has 0 amide bonds. The fraction of sp³-hybridized carbons (Fsp3) is 0.250. The van der Waals surface area contributed by atoms with Gasteiger partial charge in [-0.15, -0.1) is 0 Å². The van der Waals surface area contributed by atoms with Crippen molar-refractivity contribution in [3.63, 3.8) is 0 Å². The first kappa shape index (κ1) is 6.43. The fourth-order valence-electron chi connectivity index (χ4n) is 0.165. The molecule has 3 heteroatoms. The minimum absolute atomic E-state index is 0.398. The first-order valence-electron chi connectivity index (χ1n) is 1.90. The second-order valence-corrected chi connectivity index (χ2v) is 1.50. The maximum absolute atomic E-state index is 5.08. The molecule has 0 aliphatic heterocycles. The van der Waals surface area contributed by atoms with Gasteiger partial charge >= 0.3 is 0 Å². The van der Waals surface area contributed by atoms with Crippen LogP contribution in [0, 0.1) is 0 Å². The molecule has 0 unspecified atom stereocenters. The molecule has 2 nitrogen and oxygen atoms in total. The zero-order chi connectivity index (χ0) is 5.70. The molecular weight excluding hydrogens is 108 g/mol. The number of rotatable bonds is 2. The first-order valence-corrected chi connectivity index (χ1v) is 2.31. The molecule has 0 aromatic rings. The molecule has 7 heavy (non-hydrogen) atoms. The highest BCUT2D eigenvalue weighted by molar-refractivity contribution is 7.80. The van der Waals surface area contributed by atoms with Crippen LogP contribution in [0.5, 0.6) is 0 Å². The van der Waals surface area contributed by atoms with Crippen molar-refractivity contribution in [1.29, 1.82) is 0 Å². The Morgan fingerprint density at radius 1 is 1.86 bits per heavy atom. The van der Waals surface area contributed by atoms with Crippen molar-refractivity contribution in [2.45, 2.75) is 0 Å². The summed E-state index contributed by atoms with van der Waals surface area (Å²) >= 11 is 4.51. The number of nitrogens with two attached hydrogens (primary N) is 1. The van der Waals surface area contributed by atoms with Gasteiger partial charge in [0.2, 0.25) is 0 Å². The molecule has 0 aromatic heterocycles. The second kappa shape index (κ2) is 3.61. The standard InChI is InChI=1S/C4H8N2S/c1-6-3-2-4(5)7/h2-3,6H,1H3,(H2,5,7)/b3-2+. The van der Waals surface area contributed by atoms with Crippen LogP contribution in [0.1, 0.15) is 0 Å². The van der Waals surface area contributed by atoms with Crippen LogP contribution in [-0.2, 0) is 0 Å². The number of hydrogen-bond donors (Lipinski definition) is 2. The summed E-state index contributed by atoms with van der Waals surface area (Å²) < 4.78 is 0. The normalized spacial score (nSPS) is 9.29. The Morgan fingerprint density at radius 2 is 2.43 bits per heavy atom. The molecule has 0 spiro atoms. The summed E-state index contributed by atoms with van der Waals surface area (Å²) in [5.41, 5.74) is 5.08. The fourth-order valence-corrected chi connectivity index (χ4v) is 0.234. The minimum Gasteiger partial charge on any atom is -0.394 e. The van der Waals surface area contributed by atoms with E-state index in [0.29, 0.717) is 4.99 Å². The van der Waals surface area contributed by atoms with E-state index in [0.717, 1.165) is 0 Å². The molecule has 3 N–H and O–H groups in total. The van der Waals surface area contributed by atoms with Gasteiger partial charge in [0.1, 0.15) is 0 Å². The van der Waals surface area contributed by atoms with E-state index in [1.54, 1.807) is 19.3 Å². The number of nitrogens with one attached hydrogen (secondary N) is 1. The summed E-state index contributed by atoms with van der Waals surface area (Å²) in [4.78, 5) is 0.398. The van der Waals surface area contributed by atoms with E-state index >= 15 is 0 Å². The Bertz CT molecular complexity index is 87.7. The topological polar surface area (TPSA) is 38.0 Å². The lowest BCUT2D eigenvalue weighted by atomic mass is 10.6. The molecular formula is C4H8N2S. The quantitative estimate of drug-likeness (QED) is 0.394. The van der Waals surface area contributed by atoms with Gasteiger partial charge in [0.15, 0.2) is 0 Å². The summed E-state index contributed by atoms with van der Waals surface area (Å²) in [5.74, 6) is 0. The highest BCUT2D eigenvalue weighted by atomic mass is 32.1. The van der Waals surface area contributed by atoms with E-state index in [1.165, 1.54) is 0 Å². The van der Waals surface area contributed by atoms with Crippen LogP contribution in [0.2, 0.25) is 0 Å². The van der Waals surface area contributed by atoms with Gasteiger partial charge in [0.25, 0.3) is 0 Å². The third kappa shape index (κ3) is 5.43. The van der Waals surface area contributed by atoms with Crippen molar-refractivity contribution in [2.24, 2.45) is 5.73 Å². The van der Waals surface area contributed by atoms with Crippen LogP contribution in [0.4, 0.5) is 0 Å². The molecule has 0 saturated heterocycles. The van der Waals surface area contributed by atoms with Gasteiger partial charge in [0.05, 0.1) is 4.99 Å². The lowest BCUT2D eigenvalue weighted by Gasteiger charge is -1.82. The van der Waals surface area contributed by atoms with Crippen molar-refractivity contribution in [3.8, 4) is 0 Å².